The lowest BCUT2D eigenvalue weighted by atomic mass is 9.85. The minimum absolute atomic E-state index is 1.13. The Hall–Kier alpha value is -2.14. The summed E-state index contributed by atoms with van der Waals surface area (Å²) < 4.78 is 308. The predicted molar refractivity (Wildman–Crippen MR) is 73.8 cm³/mol. The van der Waals surface area contributed by atoms with E-state index in [0.29, 0.717) is 0 Å². The van der Waals surface area contributed by atoms with E-state index in [9.17, 15) is 101 Å². The van der Waals surface area contributed by atoms with Crippen LogP contribution >= 0.6 is 0 Å². The summed E-state index contributed by atoms with van der Waals surface area (Å²) in [7, 11) is 0. The molecule has 0 N–H and O–H groups in total. The molecule has 0 unspecified atom stereocenters. The molecule has 1 aliphatic heterocycles. The SMILES string of the molecule is FC(F)(F)C(F)(F)C(F)(F)C(F)(F)C(F)(F)C(F)(F)C(F)(F)C(F)(F)C(F)(F)C(F)(F)C(F)(F)C1=NCCO1. The lowest BCUT2D eigenvalue weighted by Crippen LogP contribution is -2.78. The highest BCUT2D eigenvalue weighted by molar-refractivity contribution is 5.86. The van der Waals surface area contributed by atoms with E-state index < -0.39 is 84.5 Å². The van der Waals surface area contributed by atoms with Crippen LogP contribution in [-0.4, -0.2) is 84.5 Å². The molecule has 0 fully saturated rings. The summed E-state index contributed by atoms with van der Waals surface area (Å²) in [4.78, 5) is 2.21. The smallest absolute Gasteiger partial charge is 0.460 e. The van der Waals surface area contributed by atoms with Crippen LogP contribution in [0.3, 0.4) is 0 Å². The summed E-state index contributed by atoms with van der Waals surface area (Å²) in [6.07, 6.45) is -8.09. The van der Waals surface area contributed by atoms with Crippen LogP contribution in [0.4, 0.5) is 101 Å². The maximum absolute atomic E-state index is 13.7. The van der Waals surface area contributed by atoms with Gasteiger partial charge in [-0.25, -0.2) is 4.99 Å². The van der Waals surface area contributed by atoms with Crippen molar-refractivity contribution in [3.63, 3.8) is 0 Å². The molecule has 0 saturated carbocycles. The molecule has 0 spiro atoms. The predicted octanol–water partition coefficient (Wildman–Crippen LogP) is 7.33. The van der Waals surface area contributed by atoms with Crippen molar-refractivity contribution in [2.75, 3.05) is 13.2 Å². The van der Waals surface area contributed by atoms with E-state index >= 15 is 0 Å². The summed E-state index contributed by atoms with van der Waals surface area (Å²) in [5.41, 5.74) is 0. The molecule has 232 valence electrons. The van der Waals surface area contributed by atoms with Gasteiger partial charge in [0.1, 0.15) is 6.61 Å². The molecule has 1 aliphatic rings. The molecule has 0 saturated heterocycles. The van der Waals surface area contributed by atoms with E-state index in [1.165, 1.54) is 0 Å². The van der Waals surface area contributed by atoms with Gasteiger partial charge < -0.3 is 4.74 Å². The third kappa shape index (κ3) is 4.04. The molecule has 39 heavy (non-hydrogen) atoms. The van der Waals surface area contributed by atoms with E-state index in [-0.39, 0.29) is 0 Å². The Labute approximate surface area is 196 Å². The van der Waals surface area contributed by atoms with Gasteiger partial charge in [-0.2, -0.15) is 101 Å². The molecular weight excluding hydrogens is 635 g/mol. The number of nitrogens with zero attached hydrogens (tertiary/aromatic N) is 1. The van der Waals surface area contributed by atoms with E-state index in [2.05, 4.69) is 9.73 Å². The molecule has 0 aromatic heterocycles. The fourth-order valence-electron chi connectivity index (χ4n) is 2.41. The number of halogens is 23. The Kier molecular flexibility index (Phi) is 7.76. The van der Waals surface area contributed by atoms with Gasteiger partial charge in [0, 0.05) is 0 Å². The van der Waals surface area contributed by atoms with E-state index in [1.807, 2.05) is 0 Å². The monoisotopic (exact) mass is 639 g/mol. The molecule has 1 rings (SSSR count). The van der Waals surface area contributed by atoms with Gasteiger partial charge in [-0.15, -0.1) is 0 Å². The summed E-state index contributed by atoms with van der Waals surface area (Å²) in [6, 6.07) is 0. The molecule has 0 aromatic carbocycles. The maximum atomic E-state index is 13.7. The van der Waals surface area contributed by atoms with Gasteiger partial charge in [0.25, 0.3) is 5.90 Å². The van der Waals surface area contributed by atoms with E-state index in [4.69, 9.17) is 0 Å². The average Bonchev–Trinajstić information content (AvgIpc) is 3.27. The molecule has 0 atom stereocenters. The zero-order valence-corrected chi connectivity index (χ0v) is 17.0. The molecule has 0 bridgehead atoms. The zero-order valence-electron chi connectivity index (χ0n) is 17.0. The zero-order chi connectivity index (χ0) is 31.9. The molecule has 0 aliphatic carbocycles. The summed E-state index contributed by atoms with van der Waals surface area (Å²) >= 11 is 0. The number of aliphatic imine (C=N–C) groups is 1. The lowest BCUT2D eigenvalue weighted by Gasteiger charge is -2.45. The Balaban J connectivity index is 3.82. The Morgan fingerprint density at radius 3 is 0.872 bits per heavy atom. The van der Waals surface area contributed by atoms with Crippen molar-refractivity contribution in [2.45, 2.75) is 65.4 Å². The highest BCUT2D eigenvalue weighted by Crippen LogP contribution is 2.67. The fraction of sp³-hybridized carbons (Fsp3) is 0.929. The Morgan fingerprint density at radius 1 is 0.385 bits per heavy atom. The van der Waals surface area contributed by atoms with Crippen molar-refractivity contribution in [3.8, 4) is 0 Å². The number of hydrogen-bond donors (Lipinski definition) is 0. The van der Waals surface area contributed by atoms with Crippen molar-refractivity contribution >= 4 is 5.90 Å². The maximum Gasteiger partial charge on any atom is 0.460 e. The average molecular weight is 639 g/mol. The highest BCUT2D eigenvalue weighted by Gasteiger charge is 2.99. The quantitative estimate of drug-likeness (QED) is 0.230. The molecule has 0 radical (unpaired) electrons. The van der Waals surface area contributed by atoms with Crippen molar-refractivity contribution in [3.05, 3.63) is 0 Å². The van der Waals surface area contributed by atoms with Crippen LogP contribution < -0.4 is 0 Å². The van der Waals surface area contributed by atoms with Crippen LogP contribution in [0.15, 0.2) is 4.99 Å². The first kappa shape index (κ1) is 34.9. The van der Waals surface area contributed by atoms with Gasteiger partial charge in [0.2, 0.25) is 0 Å². The van der Waals surface area contributed by atoms with Gasteiger partial charge >= 0.3 is 65.4 Å². The summed E-state index contributed by atoms with van der Waals surface area (Å²) in [5, 5.41) is 0. The number of hydrogen-bond acceptors (Lipinski definition) is 2. The minimum atomic E-state index is -9.41. The van der Waals surface area contributed by atoms with E-state index in [0.717, 1.165) is 0 Å². The number of alkyl halides is 23. The van der Waals surface area contributed by atoms with Gasteiger partial charge in [0.15, 0.2) is 0 Å². The van der Waals surface area contributed by atoms with Crippen molar-refractivity contribution in [2.24, 2.45) is 4.99 Å². The molecule has 1 heterocycles. The number of rotatable bonds is 10. The number of ether oxygens (including phenoxy) is 1. The van der Waals surface area contributed by atoms with Crippen LogP contribution in [0.1, 0.15) is 0 Å². The topological polar surface area (TPSA) is 21.6 Å². The molecule has 2 nitrogen and oxygen atoms in total. The van der Waals surface area contributed by atoms with Crippen molar-refractivity contribution in [1.29, 1.82) is 0 Å². The van der Waals surface area contributed by atoms with Crippen molar-refractivity contribution in [1.82, 2.24) is 0 Å². The van der Waals surface area contributed by atoms with Crippen LogP contribution in [0.5, 0.6) is 0 Å². The second kappa shape index (κ2) is 8.68. The Morgan fingerprint density at radius 2 is 0.641 bits per heavy atom. The van der Waals surface area contributed by atoms with Crippen LogP contribution in [0.2, 0.25) is 0 Å². The largest absolute Gasteiger partial charge is 0.475 e. The van der Waals surface area contributed by atoms with Crippen LogP contribution in [-0.2, 0) is 4.74 Å². The third-order valence-corrected chi connectivity index (χ3v) is 4.76. The normalized spacial score (nSPS) is 18.3. The third-order valence-electron chi connectivity index (χ3n) is 4.76. The van der Waals surface area contributed by atoms with Crippen molar-refractivity contribution < 1.29 is 106 Å². The first-order chi connectivity index (χ1) is 16.6. The van der Waals surface area contributed by atoms with Crippen LogP contribution in [0.25, 0.3) is 0 Å². The summed E-state index contributed by atoms with van der Waals surface area (Å²) in [6.45, 7) is -2.33. The van der Waals surface area contributed by atoms with Gasteiger partial charge in [-0.1, -0.05) is 0 Å². The molecule has 25 heteroatoms. The second-order valence-electron chi connectivity index (χ2n) is 7.28. The highest BCUT2D eigenvalue weighted by atomic mass is 19.4. The first-order valence-electron chi connectivity index (χ1n) is 8.63. The summed E-state index contributed by atoms with van der Waals surface area (Å²) in [5.74, 6) is -90.9. The fourth-order valence-corrected chi connectivity index (χ4v) is 2.41. The first-order valence-corrected chi connectivity index (χ1v) is 8.63. The Bertz CT molecular complexity index is 958. The molecule has 0 aromatic rings. The van der Waals surface area contributed by atoms with Crippen LogP contribution in [0, 0.1) is 0 Å². The lowest BCUT2D eigenvalue weighted by molar-refractivity contribution is -0.477. The minimum Gasteiger partial charge on any atom is -0.475 e. The van der Waals surface area contributed by atoms with Gasteiger partial charge in [0.05, 0.1) is 6.54 Å². The van der Waals surface area contributed by atoms with E-state index in [1.54, 1.807) is 0 Å². The standard InChI is InChI=1S/C14H4F23NO/c15-4(16,3-38-1-2-39-3)5(17,18)6(19,20)7(21,22)8(23,24)9(25,26)10(27,28)11(29,30)12(31,32)13(33,34)14(35,36)37/h1-2H2. The van der Waals surface area contributed by atoms with Gasteiger partial charge in [-0.3, -0.25) is 0 Å². The van der Waals surface area contributed by atoms with Gasteiger partial charge in [-0.05, 0) is 0 Å². The molecule has 0 amide bonds. The second-order valence-corrected chi connectivity index (χ2v) is 7.28. The molecular formula is C14H4F23NO.